The first-order valence-electron chi connectivity index (χ1n) is 3.50. The van der Waals surface area contributed by atoms with Crippen molar-refractivity contribution in [3.05, 3.63) is 0 Å². The van der Waals surface area contributed by atoms with Gasteiger partial charge in [0.1, 0.15) is 0 Å². The highest BCUT2D eigenvalue weighted by Gasteiger charge is 2.45. The van der Waals surface area contributed by atoms with Crippen LogP contribution in [0.4, 0.5) is 0 Å². The van der Waals surface area contributed by atoms with Gasteiger partial charge in [0.2, 0.25) is 0 Å². The van der Waals surface area contributed by atoms with Crippen LogP contribution in [-0.2, 0) is 9.53 Å². The van der Waals surface area contributed by atoms with Crippen LogP contribution in [0, 0.1) is 11.8 Å². The summed E-state index contributed by atoms with van der Waals surface area (Å²) in [6.45, 7) is 1.92. The molecule has 4 heteroatoms. The molecule has 1 unspecified atom stereocenters. The van der Waals surface area contributed by atoms with Gasteiger partial charge in [-0.15, -0.1) is 12.4 Å². The van der Waals surface area contributed by atoms with Crippen LogP contribution in [0.15, 0.2) is 0 Å². The molecule has 0 aromatic heterocycles. The first-order valence-corrected chi connectivity index (χ1v) is 3.50. The largest absolute Gasteiger partial charge is 0.469 e. The number of carbonyl (C=O) groups excluding carboxylic acids is 1. The van der Waals surface area contributed by atoms with Gasteiger partial charge in [-0.1, -0.05) is 0 Å². The fraction of sp³-hybridized carbons (Fsp3) is 0.857. The van der Waals surface area contributed by atoms with Crippen molar-refractivity contribution in [2.75, 3.05) is 7.11 Å². The summed E-state index contributed by atoms with van der Waals surface area (Å²) in [6.07, 6.45) is 0.907. The van der Waals surface area contributed by atoms with E-state index in [-0.39, 0.29) is 30.3 Å². The molecule has 1 saturated carbocycles. The van der Waals surface area contributed by atoms with Crippen molar-refractivity contribution in [1.82, 2.24) is 0 Å². The lowest BCUT2D eigenvalue weighted by atomic mass is 10.2. The van der Waals surface area contributed by atoms with Crippen molar-refractivity contribution in [2.45, 2.75) is 19.4 Å². The van der Waals surface area contributed by atoms with Crippen molar-refractivity contribution < 1.29 is 9.53 Å². The standard InChI is InChI=1S/C7H13NO2.ClH/c1-4(8)5-3-6(5)7(9)10-2;/h4-6H,3,8H2,1-2H3;1H/t4?,5-,6+;/m0./s1. The van der Waals surface area contributed by atoms with Crippen molar-refractivity contribution in [3.8, 4) is 0 Å². The van der Waals surface area contributed by atoms with Crippen LogP contribution >= 0.6 is 12.4 Å². The second-order valence-electron chi connectivity index (χ2n) is 2.89. The average Bonchev–Trinajstić information content (AvgIpc) is 2.64. The number of carbonyl (C=O) groups is 1. The molecule has 1 rings (SSSR count). The third kappa shape index (κ3) is 2.34. The zero-order valence-corrected chi connectivity index (χ0v) is 7.56. The van der Waals surface area contributed by atoms with Crippen molar-refractivity contribution in [3.63, 3.8) is 0 Å². The Labute approximate surface area is 72.7 Å². The molecule has 3 nitrogen and oxygen atoms in total. The SMILES string of the molecule is COC(=O)[C@@H]1C[C@H]1C(C)N.Cl. The summed E-state index contributed by atoms with van der Waals surface area (Å²) in [6, 6.07) is 0.129. The molecule has 0 aliphatic heterocycles. The molecule has 0 aromatic carbocycles. The molecule has 2 N–H and O–H groups in total. The van der Waals surface area contributed by atoms with E-state index in [2.05, 4.69) is 4.74 Å². The molecule has 0 saturated heterocycles. The van der Waals surface area contributed by atoms with Crippen molar-refractivity contribution >= 4 is 18.4 Å². The van der Waals surface area contributed by atoms with E-state index in [1.54, 1.807) is 0 Å². The fourth-order valence-corrected chi connectivity index (χ4v) is 1.22. The Kier molecular flexibility index (Phi) is 3.83. The minimum Gasteiger partial charge on any atom is -0.469 e. The van der Waals surface area contributed by atoms with Crippen LogP contribution in [0.25, 0.3) is 0 Å². The van der Waals surface area contributed by atoms with Gasteiger partial charge >= 0.3 is 5.97 Å². The van der Waals surface area contributed by atoms with E-state index < -0.39 is 0 Å². The smallest absolute Gasteiger partial charge is 0.309 e. The molecule has 0 bridgehead atoms. The Bertz CT molecular complexity index is 149. The summed E-state index contributed by atoms with van der Waals surface area (Å²) in [5.41, 5.74) is 5.57. The number of methoxy groups -OCH3 is 1. The lowest BCUT2D eigenvalue weighted by Crippen LogP contribution is -2.20. The number of hydrogen-bond acceptors (Lipinski definition) is 3. The van der Waals surface area contributed by atoms with Gasteiger partial charge in [-0.3, -0.25) is 4.79 Å². The summed E-state index contributed by atoms with van der Waals surface area (Å²) in [5, 5.41) is 0. The molecule has 3 atom stereocenters. The van der Waals surface area contributed by atoms with E-state index in [0.29, 0.717) is 5.92 Å². The number of hydrogen-bond donors (Lipinski definition) is 1. The van der Waals surface area contributed by atoms with E-state index in [4.69, 9.17) is 5.73 Å². The van der Waals surface area contributed by atoms with E-state index in [9.17, 15) is 4.79 Å². The quantitative estimate of drug-likeness (QED) is 0.631. The predicted octanol–water partition coefficient (Wildman–Crippen LogP) is 0.564. The van der Waals surface area contributed by atoms with Crippen LogP contribution < -0.4 is 5.73 Å². The maximum absolute atomic E-state index is 10.8. The van der Waals surface area contributed by atoms with E-state index in [1.807, 2.05) is 6.92 Å². The van der Waals surface area contributed by atoms with E-state index in [1.165, 1.54) is 7.11 Å². The normalized spacial score (nSPS) is 30.1. The highest BCUT2D eigenvalue weighted by molar-refractivity contribution is 5.85. The molecular formula is C7H14ClNO2. The Morgan fingerprint density at radius 3 is 2.55 bits per heavy atom. The average molecular weight is 180 g/mol. The zero-order valence-electron chi connectivity index (χ0n) is 6.74. The third-order valence-electron chi connectivity index (χ3n) is 2.02. The summed E-state index contributed by atoms with van der Waals surface area (Å²) < 4.78 is 4.56. The van der Waals surface area contributed by atoms with Gasteiger partial charge in [0, 0.05) is 6.04 Å². The molecule has 0 amide bonds. The third-order valence-corrected chi connectivity index (χ3v) is 2.02. The highest BCUT2D eigenvalue weighted by atomic mass is 35.5. The van der Waals surface area contributed by atoms with Crippen LogP contribution in [0.2, 0.25) is 0 Å². The molecule has 1 fully saturated rings. The Hall–Kier alpha value is -0.280. The Morgan fingerprint density at radius 2 is 2.27 bits per heavy atom. The summed E-state index contributed by atoms with van der Waals surface area (Å²) in [5.74, 6) is 0.347. The molecule has 0 spiro atoms. The predicted molar refractivity (Wildman–Crippen MR) is 44.5 cm³/mol. The molecule has 66 valence electrons. The minimum atomic E-state index is -0.109. The number of ether oxygens (including phenoxy) is 1. The molecule has 11 heavy (non-hydrogen) atoms. The van der Waals surface area contributed by atoms with E-state index >= 15 is 0 Å². The topological polar surface area (TPSA) is 52.3 Å². The minimum absolute atomic E-state index is 0. The zero-order chi connectivity index (χ0) is 7.72. The number of halogens is 1. The van der Waals surface area contributed by atoms with Gasteiger partial charge in [0.15, 0.2) is 0 Å². The van der Waals surface area contributed by atoms with Crippen LogP contribution in [0.3, 0.4) is 0 Å². The van der Waals surface area contributed by atoms with Crippen molar-refractivity contribution in [2.24, 2.45) is 17.6 Å². The van der Waals surface area contributed by atoms with Crippen LogP contribution in [-0.4, -0.2) is 19.1 Å². The molecule has 0 radical (unpaired) electrons. The monoisotopic (exact) mass is 179 g/mol. The number of rotatable bonds is 2. The van der Waals surface area contributed by atoms with Crippen molar-refractivity contribution in [1.29, 1.82) is 0 Å². The second-order valence-corrected chi connectivity index (χ2v) is 2.89. The van der Waals surface area contributed by atoms with Gasteiger partial charge in [0.05, 0.1) is 13.0 Å². The first kappa shape index (κ1) is 10.7. The molecule has 1 aliphatic rings. The van der Waals surface area contributed by atoms with Gasteiger partial charge in [-0.25, -0.2) is 0 Å². The molecule has 0 heterocycles. The summed E-state index contributed by atoms with van der Waals surface area (Å²) in [7, 11) is 1.42. The van der Waals surface area contributed by atoms with Gasteiger partial charge in [-0.05, 0) is 19.3 Å². The first-order chi connectivity index (χ1) is 4.66. The lowest BCUT2D eigenvalue weighted by Gasteiger charge is -2.01. The number of esters is 1. The molecule has 0 aromatic rings. The van der Waals surface area contributed by atoms with Gasteiger partial charge < -0.3 is 10.5 Å². The molecule has 1 aliphatic carbocycles. The highest BCUT2D eigenvalue weighted by Crippen LogP contribution is 2.41. The van der Waals surface area contributed by atoms with Gasteiger partial charge in [0.25, 0.3) is 0 Å². The van der Waals surface area contributed by atoms with E-state index in [0.717, 1.165) is 6.42 Å². The second kappa shape index (κ2) is 3.93. The maximum atomic E-state index is 10.8. The molecular weight excluding hydrogens is 166 g/mol. The fourth-order valence-electron chi connectivity index (χ4n) is 1.22. The Morgan fingerprint density at radius 1 is 1.73 bits per heavy atom. The Balaban J connectivity index is 0.000001000. The van der Waals surface area contributed by atoms with Crippen LogP contribution in [0.5, 0.6) is 0 Å². The van der Waals surface area contributed by atoms with Gasteiger partial charge in [-0.2, -0.15) is 0 Å². The van der Waals surface area contributed by atoms with Crippen LogP contribution in [0.1, 0.15) is 13.3 Å². The number of nitrogens with two attached hydrogens (primary N) is 1. The maximum Gasteiger partial charge on any atom is 0.309 e. The summed E-state index contributed by atoms with van der Waals surface area (Å²) in [4.78, 5) is 10.8. The summed E-state index contributed by atoms with van der Waals surface area (Å²) >= 11 is 0. The lowest BCUT2D eigenvalue weighted by molar-refractivity contribution is -0.142.